The van der Waals surface area contributed by atoms with E-state index < -0.39 is 0 Å². The fourth-order valence-corrected chi connectivity index (χ4v) is 5.61. The smallest absolute Gasteiger partial charge is 0.225 e. The third-order valence-corrected chi connectivity index (χ3v) is 7.30. The summed E-state index contributed by atoms with van der Waals surface area (Å²) in [7, 11) is 2.22. The van der Waals surface area contributed by atoms with Gasteiger partial charge in [0.1, 0.15) is 5.82 Å². The number of carbonyl (C=O) groups excluding carboxylic acids is 1. The number of benzene rings is 1. The van der Waals surface area contributed by atoms with Crippen LogP contribution in [0.2, 0.25) is 0 Å². The maximum atomic E-state index is 13.0. The van der Waals surface area contributed by atoms with Crippen LogP contribution in [0.5, 0.6) is 0 Å². The summed E-state index contributed by atoms with van der Waals surface area (Å²) in [5.41, 5.74) is 2.47. The van der Waals surface area contributed by atoms with E-state index in [2.05, 4.69) is 51.9 Å². The average molecular weight is 379 g/mol. The van der Waals surface area contributed by atoms with Crippen molar-refractivity contribution in [3.05, 3.63) is 48.0 Å². The van der Waals surface area contributed by atoms with Crippen LogP contribution >= 0.6 is 0 Å². The average Bonchev–Trinajstić information content (AvgIpc) is 3.21. The summed E-state index contributed by atoms with van der Waals surface area (Å²) >= 11 is 0. The molecule has 2 aromatic rings. The molecule has 0 atom stereocenters. The summed E-state index contributed by atoms with van der Waals surface area (Å²) < 4.78 is 2.28. The van der Waals surface area contributed by atoms with Gasteiger partial charge < -0.3 is 9.47 Å². The van der Waals surface area contributed by atoms with Crippen molar-refractivity contribution in [1.82, 2.24) is 19.4 Å². The lowest BCUT2D eigenvalue weighted by Crippen LogP contribution is -2.54. The highest BCUT2D eigenvalue weighted by atomic mass is 16.2. The molecular formula is C23H30N4O. The first-order chi connectivity index (χ1) is 13.7. The van der Waals surface area contributed by atoms with Crippen molar-refractivity contribution < 1.29 is 4.79 Å². The number of aromatic nitrogens is 2. The third-order valence-electron chi connectivity index (χ3n) is 7.30. The Morgan fingerprint density at radius 3 is 2.64 bits per heavy atom. The van der Waals surface area contributed by atoms with E-state index in [4.69, 9.17) is 4.98 Å². The predicted molar refractivity (Wildman–Crippen MR) is 109 cm³/mol. The van der Waals surface area contributed by atoms with Gasteiger partial charge in [-0.2, -0.15) is 0 Å². The minimum Gasteiger partial charge on any atom is -0.342 e. The van der Waals surface area contributed by atoms with Crippen molar-refractivity contribution in [2.75, 3.05) is 20.1 Å². The van der Waals surface area contributed by atoms with Gasteiger partial charge in [-0.3, -0.25) is 9.69 Å². The summed E-state index contributed by atoms with van der Waals surface area (Å²) in [5, 5.41) is 0. The van der Waals surface area contributed by atoms with Crippen LogP contribution in [0.3, 0.4) is 0 Å². The fraction of sp³-hybridized carbons (Fsp3) is 0.565. The molecule has 1 spiro atoms. The molecule has 0 radical (unpaired) electrons. The van der Waals surface area contributed by atoms with Crippen LogP contribution in [0.4, 0.5) is 0 Å². The van der Waals surface area contributed by atoms with Gasteiger partial charge in [0.15, 0.2) is 0 Å². The largest absolute Gasteiger partial charge is 0.342 e. The molecule has 5 nitrogen and oxygen atoms in total. The van der Waals surface area contributed by atoms with E-state index in [9.17, 15) is 4.79 Å². The number of amides is 1. The number of para-hydroxylation sites is 1. The van der Waals surface area contributed by atoms with E-state index in [0.29, 0.717) is 5.91 Å². The Hall–Kier alpha value is -2.14. The Labute approximate surface area is 167 Å². The minimum atomic E-state index is -0.105. The van der Waals surface area contributed by atoms with E-state index in [-0.39, 0.29) is 11.5 Å². The first-order valence-corrected chi connectivity index (χ1v) is 10.8. The molecule has 1 amide bonds. The highest BCUT2D eigenvalue weighted by Crippen LogP contribution is 2.42. The second kappa shape index (κ2) is 7.03. The molecule has 0 unspecified atom stereocenters. The minimum absolute atomic E-state index is 0.105. The van der Waals surface area contributed by atoms with E-state index >= 15 is 0 Å². The Bertz CT molecular complexity index is 859. The number of hydrogen-bond donors (Lipinski definition) is 0. The highest BCUT2D eigenvalue weighted by Gasteiger charge is 2.46. The molecule has 3 aliphatic rings. The van der Waals surface area contributed by atoms with Gasteiger partial charge in [-0.1, -0.05) is 37.5 Å². The molecule has 3 heterocycles. The van der Waals surface area contributed by atoms with Crippen molar-refractivity contribution in [2.24, 2.45) is 5.92 Å². The molecule has 28 heavy (non-hydrogen) atoms. The lowest BCUT2D eigenvalue weighted by atomic mass is 9.83. The Kier molecular flexibility index (Phi) is 4.50. The van der Waals surface area contributed by atoms with Gasteiger partial charge in [0.25, 0.3) is 0 Å². The van der Waals surface area contributed by atoms with E-state index in [1.165, 1.54) is 30.5 Å². The Balaban J connectivity index is 1.41. The lowest BCUT2D eigenvalue weighted by molar-refractivity contribution is -0.139. The van der Waals surface area contributed by atoms with E-state index in [1.54, 1.807) is 0 Å². The third kappa shape index (κ3) is 2.79. The number of likely N-dealkylation sites (tertiary alicyclic amines) is 1. The molecule has 5 heteroatoms. The van der Waals surface area contributed by atoms with Crippen LogP contribution in [0, 0.1) is 5.92 Å². The Morgan fingerprint density at radius 1 is 1.11 bits per heavy atom. The predicted octanol–water partition coefficient (Wildman–Crippen LogP) is 3.72. The molecule has 2 fully saturated rings. The molecule has 1 saturated heterocycles. The molecule has 1 saturated carbocycles. The zero-order chi connectivity index (χ0) is 19.1. The molecule has 1 aromatic carbocycles. The van der Waals surface area contributed by atoms with E-state index in [1.807, 2.05) is 6.20 Å². The van der Waals surface area contributed by atoms with Crippen molar-refractivity contribution >= 4 is 5.91 Å². The zero-order valence-corrected chi connectivity index (χ0v) is 16.8. The molecular weight excluding hydrogens is 348 g/mol. The lowest BCUT2D eigenvalue weighted by Gasteiger charge is -2.46. The van der Waals surface area contributed by atoms with Crippen LogP contribution in [-0.2, 0) is 16.9 Å². The number of hydrogen-bond acceptors (Lipinski definition) is 3. The molecule has 2 aliphatic heterocycles. The first-order valence-electron chi connectivity index (χ1n) is 10.8. The quantitative estimate of drug-likeness (QED) is 0.759. The van der Waals surface area contributed by atoms with Gasteiger partial charge in [0.05, 0.1) is 11.2 Å². The fourth-order valence-electron chi connectivity index (χ4n) is 5.61. The van der Waals surface area contributed by atoms with Crippen LogP contribution in [0.25, 0.3) is 5.69 Å². The molecule has 5 rings (SSSR count). The van der Waals surface area contributed by atoms with Crippen LogP contribution in [0.15, 0.2) is 36.7 Å². The van der Waals surface area contributed by atoms with Gasteiger partial charge in [-0.05, 0) is 44.4 Å². The van der Waals surface area contributed by atoms with Crippen molar-refractivity contribution in [1.29, 1.82) is 0 Å². The monoisotopic (exact) mass is 378 g/mol. The number of fused-ring (bicyclic) bond motifs is 4. The topological polar surface area (TPSA) is 41.4 Å². The number of imidazole rings is 1. The molecule has 0 bridgehead atoms. The number of piperidine rings is 1. The van der Waals surface area contributed by atoms with Crippen molar-refractivity contribution in [3.8, 4) is 5.69 Å². The number of rotatable bonds is 1. The molecule has 1 aliphatic carbocycles. The van der Waals surface area contributed by atoms with Gasteiger partial charge in [-0.15, -0.1) is 0 Å². The summed E-state index contributed by atoms with van der Waals surface area (Å²) in [6.07, 6.45) is 11.8. The highest BCUT2D eigenvalue weighted by molar-refractivity contribution is 5.79. The molecule has 148 valence electrons. The normalized spacial score (nSPS) is 22.5. The summed E-state index contributed by atoms with van der Waals surface area (Å²) in [6, 6.07) is 8.63. The van der Waals surface area contributed by atoms with Gasteiger partial charge in [0, 0.05) is 37.9 Å². The summed E-state index contributed by atoms with van der Waals surface area (Å²) in [6.45, 7) is 2.59. The van der Waals surface area contributed by atoms with Crippen molar-refractivity contribution in [3.63, 3.8) is 0 Å². The standard InChI is InChI=1S/C23H30N4O/c1-25-17-19-9-5-6-10-20(19)27-16-13-24-22(27)23(25)11-14-26(15-12-23)21(28)18-7-3-2-4-8-18/h5-6,9-10,13,16,18H,2-4,7-8,11-12,14-15,17H2,1H3. The van der Waals surface area contributed by atoms with Crippen LogP contribution in [-0.4, -0.2) is 45.4 Å². The first kappa shape index (κ1) is 17.9. The SMILES string of the molecule is CN1Cc2ccccc2-n2ccnc2C12CCN(C(=O)C1CCCCC1)CC2. The molecule has 0 N–H and O–H groups in total. The number of nitrogens with zero attached hydrogens (tertiary/aromatic N) is 4. The molecule has 1 aromatic heterocycles. The second-order valence-electron chi connectivity index (χ2n) is 8.80. The summed E-state index contributed by atoms with van der Waals surface area (Å²) in [4.78, 5) is 22.5. The zero-order valence-electron chi connectivity index (χ0n) is 16.8. The number of carbonyl (C=O) groups is 1. The summed E-state index contributed by atoms with van der Waals surface area (Å²) in [5.74, 6) is 1.79. The van der Waals surface area contributed by atoms with Crippen LogP contribution in [0.1, 0.15) is 56.3 Å². The second-order valence-corrected chi connectivity index (χ2v) is 8.80. The van der Waals surface area contributed by atoms with E-state index in [0.717, 1.165) is 51.1 Å². The van der Waals surface area contributed by atoms with Gasteiger partial charge in [-0.25, -0.2) is 4.98 Å². The maximum absolute atomic E-state index is 13.0. The van der Waals surface area contributed by atoms with Crippen molar-refractivity contribution in [2.45, 2.75) is 57.0 Å². The van der Waals surface area contributed by atoms with Gasteiger partial charge in [0.2, 0.25) is 5.91 Å². The van der Waals surface area contributed by atoms with Crippen LogP contribution < -0.4 is 0 Å². The maximum Gasteiger partial charge on any atom is 0.225 e. The van der Waals surface area contributed by atoms with Gasteiger partial charge >= 0.3 is 0 Å². The Morgan fingerprint density at radius 2 is 1.86 bits per heavy atom.